The largest absolute Gasteiger partial charge is 0.465 e. The molecule has 0 unspecified atom stereocenters. The fourth-order valence-corrected chi connectivity index (χ4v) is 4.87. The highest BCUT2D eigenvalue weighted by molar-refractivity contribution is 7.17. The third-order valence-corrected chi connectivity index (χ3v) is 6.28. The number of esters is 1. The Morgan fingerprint density at radius 1 is 1.07 bits per heavy atom. The summed E-state index contributed by atoms with van der Waals surface area (Å²) in [5.74, 6) is -0.937. The zero-order chi connectivity index (χ0) is 21.1. The van der Waals surface area contributed by atoms with Crippen LogP contribution in [0.3, 0.4) is 0 Å². The summed E-state index contributed by atoms with van der Waals surface area (Å²) in [6.45, 7) is 0. The zero-order valence-corrected chi connectivity index (χ0v) is 17.3. The van der Waals surface area contributed by atoms with Crippen molar-refractivity contribution in [3.8, 4) is 5.69 Å². The molecule has 30 heavy (non-hydrogen) atoms. The molecule has 0 aliphatic heterocycles. The maximum Gasteiger partial charge on any atom is 0.341 e. The van der Waals surface area contributed by atoms with Crippen LogP contribution in [0.4, 0.5) is 5.00 Å². The first-order chi connectivity index (χ1) is 14.6. The smallest absolute Gasteiger partial charge is 0.341 e. The number of hydrogen-bond acceptors (Lipinski definition) is 6. The second-order valence-electron chi connectivity index (χ2n) is 7.02. The summed E-state index contributed by atoms with van der Waals surface area (Å²) < 4.78 is 6.16. The third-order valence-electron chi connectivity index (χ3n) is 5.07. The van der Waals surface area contributed by atoms with E-state index in [4.69, 9.17) is 4.74 Å². The molecule has 0 fully saturated rings. The lowest BCUT2D eigenvalue weighted by atomic mass is 10.1. The van der Waals surface area contributed by atoms with Crippen molar-refractivity contribution < 1.29 is 14.3 Å². The number of nitrogens with one attached hydrogen (secondary N) is 1. The Morgan fingerprint density at radius 3 is 2.60 bits per heavy atom. The van der Waals surface area contributed by atoms with Gasteiger partial charge >= 0.3 is 5.97 Å². The van der Waals surface area contributed by atoms with Gasteiger partial charge in [-0.1, -0.05) is 24.6 Å². The molecule has 8 heteroatoms. The Labute approximate surface area is 177 Å². The number of benzene rings is 1. The predicted octanol–water partition coefficient (Wildman–Crippen LogP) is 3.60. The highest BCUT2D eigenvalue weighted by Crippen LogP contribution is 2.38. The number of aromatic nitrogens is 2. The van der Waals surface area contributed by atoms with Gasteiger partial charge in [0.1, 0.15) is 10.7 Å². The van der Waals surface area contributed by atoms with Crippen molar-refractivity contribution in [1.29, 1.82) is 0 Å². The minimum Gasteiger partial charge on any atom is -0.465 e. The van der Waals surface area contributed by atoms with E-state index in [0.717, 1.165) is 42.5 Å². The van der Waals surface area contributed by atoms with Gasteiger partial charge < -0.3 is 10.1 Å². The molecule has 1 aliphatic carbocycles. The van der Waals surface area contributed by atoms with Gasteiger partial charge in [0.15, 0.2) is 0 Å². The highest BCUT2D eigenvalue weighted by Gasteiger charge is 2.26. The van der Waals surface area contributed by atoms with Crippen molar-refractivity contribution in [1.82, 2.24) is 9.78 Å². The Kier molecular flexibility index (Phi) is 5.76. The van der Waals surface area contributed by atoms with Gasteiger partial charge in [0.05, 0.1) is 18.4 Å². The number of carbonyl (C=O) groups excluding carboxylic acids is 2. The second-order valence-corrected chi connectivity index (χ2v) is 8.12. The molecule has 0 saturated carbocycles. The Hall–Kier alpha value is -3.26. The van der Waals surface area contributed by atoms with Crippen LogP contribution in [0, 0.1) is 0 Å². The van der Waals surface area contributed by atoms with Gasteiger partial charge in [0.2, 0.25) is 0 Å². The van der Waals surface area contributed by atoms with E-state index in [0.29, 0.717) is 16.3 Å². The second kappa shape index (κ2) is 8.62. The van der Waals surface area contributed by atoms with Crippen molar-refractivity contribution in [3.05, 3.63) is 74.5 Å². The molecule has 2 heterocycles. The summed E-state index contributed by atoms with van der Waals surface area (Å²) in [5, 5.41) is 7.50. The number of fused-ring (bicyclic) bond motifs is 1. The summed E-state index contributed by atoms with van der Waals surface area (Å²) >= 11 is 1.42. The topological polar surface area (TPSA) is 90.3 Å². The fraction of sp³-hybridized carbons (Fsp3) is 0.273. The first-order valence-corrected chi connectivity index (χ1v) is 10.6. The monoisotopic (exact) mass is 423 g/mol. The molecule has 0 bridgehead atoms. The maximum atomic E-state index is 12.9. The van der Waals surface area contributed by atoms with Crippen LogP contribution in [0.1, 0.15) is 50.5 Å². The van der Waals surface area contributed by atoms with Crippen molar-refractivity contribution in [2.24, 2.45) is 0 Å². The summed E-state index contributed by atoms with van der Waals surface area (Å²) in [6.07, 6.45) is 4.87. The Balaban J connectivity index is 1.68. The zero-order valence-electron chi connectivity index (χ0n) is 16.5. The molecule has 7 nitrogen and oxygen atoms in total. The normalized spacial score (nSPS) is 13.2. The van der Waals surface area contributed by atoms with Gasteiger partial charge in [-0.3, -0.25) is 9.59 Å². The number of rotatable bonds is 4. The van der Waals surface area contributed by atoms with E-state index in [2.05, 4.69) is 10.4 Å². The van der Waals surface area contributed by atoms with Crippen LogP contribution < -0.4 is 10.9 Å². The average Bonchev–Trinajstić information content (AvgIpc) is 2.94. The van der Waals surface area contributed by atoms with Crippen LogP contribution in [0.5, 0.6) is 0 Å². The van der Waals surface area contributed by atoms with Crippen LogP contribution in [-0.4, -0.2) is 28.8 Å². The van der Waals surface area contributed by atoms with E-state index in [1.54, 1.807) is 24.3 Å². The van der Waals surface area contributed by atoms with E-state index in [9.17, 15) is 14.4 Å². The molecule has 154 valence electrons. The summed E-state index contributed by atoms with van der Waals surface area (Å²) in [6, 6.07) is 11.6. The third kappa shape index (κ3) is 3.91. The molecule has 0 atom stereocenters. The minimum absolute atomic E-state index is 0.0814. The molecular formula is C22H21N3O4S. The Morgan fingerprint density at radius 2 is 1.83 bits per heavy atom. The van der Waals surface area contributed by atoms with Gasteiger partial charge in [-0.25, -0.2) is 4.79 Å². The molecule has 1 amide bonds. The number of carbonyl (C=O) groups is 2. The van der Waals surface area contributed by atoms with Gasteiger partial charge in [0, 0.05) is 10.9 Å². The lowest BCUT2D eigenvalue weighted by Gasteiger charge is -2.09. The number of amides is 1. The maximum absolute atomic E-state index is 12.9. The number of anilines is 1. The lowest BCUT2D eigenvalue weighted by molar-refractivity contribution is 0.0601. The van der Waals surface area contributed by atoms with Crippen LogP contribution >= 0.6 is 11.3 Å². The van der Waals surface area contributed by atoms with Gasteiger partial charge in [-0.2, -0.15) is 9.78 Å². The number of nitrogens with zero attached hydrogens (tertiary/aromatic N) is 2. The standard InChI is InChI=1S/C22H21N3O4S/c1-29-22(28)19-15-10-6-3-7-11-17(15)30-21(19)23-20(27)16-12-13-18(26)25(24-16)14-8-4-2-5-9-14/h2,4-5,8-9,12-13H,3,6-7,10-11H2,1H3,(H,23,27). The minimum atomic E-state index is -0.485. The van der Waals surface area contributed by atoms with Crippen molar-refractivity contribution in [2.75, 3.05) is 12.4 Å². The SMILES string of the molecule is COC(=O)c1c(NC(=O)c2ccc(=O)n(-c3ccccc3)n2)sc2c1CCCCC2. The van der Waals surface area contributed by atoms with E-state index in [-0.39, 0.29) is 11.3 Å². The molecule has 1 N–H and O–H groups in total. The summed E-state index contributed by atoms with van der Waals surface area (Å²) in [7, 11) is 1.34. The molecule has 3 aromatic rings. The van der Waals surface area contributed by atoms with Crippen LogP contribution in [0.2, 0.25) is 0 Å². The number of hydrogen-bond donors (Lipinski definition) is 1. The average molecular weight is 423 g/mol. The molecule has 4 rings (SSSR count). The van der Waals surface area contributed by atoms with E-state index >= 15 is 0 Å². The molecule has 0 saturated heterocycles. The molecule has 1 aliphatic rings. The highest BCUT2D eigenvalue weighted by atomic mass is 32.1. The van der Waals surface area contributed by atoms with Crippen molar-refractivity contribution >= 4 is 28.2 Å². The van der Waals surface area contributed by atoms with Gasteiger partial charge in [-0.05, 0) is 49.4 Å². The fourth-order valence-electron chi connectivity index (χ4n) is 3.60. The van der Waals surface area contributed by atoms with E-state index in [1.165, 1.54) is 35.3 Å². The lowest BCUT2D eigenvalue weighted by Crippen LogP contribution is -2.25. The quantitative estimate of drug-likeness (QED) is 0.511. The summed E-state index contributed by atoms with van der Waals surface area (Å²) in [4.78, 5) is 38.7. The van der Waals surface area contributed by atoms with E-state index < -0.39 is 11.9 Å². The number of methoxy groups -OCH3 is 1. The van der Waals surface area contributed by atoms with E-state index in [1.807, 2.05) is 6.07 Å². The van der Waals surface area contributed by atoms with Gasteiger partial charge in [0.25, 0.3) is 11.5 Å². The van der Waals surface area contributed by atoms with Crippen molar-refractivity contribution in [2.45, 2.75) is 32.1 Å². The van der Waals surface area contributed by atoms with Crippen LogP contribution in [0.15, 0.2) is 47.3 Å². The van der Waals surface area contributed by atoms with Gasteiger partial charge in [-0.15, -0.1) is 11.3 Å². The first-order valence-electron chi connectivity index (χ1n) is 9.78. The molecule has 0 radical (unpaired) electrons. The number of thiophene rings is 1. The number of aryl methyl sites for hydroxylation is 1. The summed E-state index contributed by atoms with van der Waals surface area (Å²) in [5.41, 5.74) is 1.72. The van der Waals surface area contributed by atoms with Crippen molar-refractivity contribution in [3.63, 3.8) is 0 Å². The first kappa shape index (κ1) is 20.0. The molecule has 1 aromatic carbocycles. The number of ether oxygens (including phenoxy) is 1. The molecule has 0 spiro atoms. The number of para-hydroxylation sites is 1. The Bertz CT molecular complexity index is 1150. The molecule has 2 aromatic heterocycles. The predicted molar refractivity (Wildman–Crippen MR) is 115 cm³/mol. The van der Waals surface area contributed by atoms with Crippen LogP contribution in [0.25, 0.3) is 5.69 Å². The van der Waals surface area contributed by atoms with Crippen LogP contribution in [-0.2, 0) is 17.6 Å². The molecular weight excluding hydrogens is 402 g/mol.